The molecule has 0 radical (unpaired) electrons. The Balaban J connectivity index is 1.85. The first kappa shape index (κ1) is 20.4. The van der Waals surface area contributed by atoms with Crippen LogP contribution in [0.15, 0.2) is 50.0 Å². The number of hydrogen-bond donors (Lipinski definition) is 1. The average Bonchev–Trinajstić information content (AvgIpc) is 3.34. The molecule has 4 rings (SSSR count). The van der Waals surface area contributed by atoms with Crippen molar-refractivity contribution in [3.8, 4) is 11.4 Å². The van der Waals surface area contributed by atoms with Gasteiger partial charge in [-0.25, -0.2) is 9.67 Å². The van der Waals surface area contributed by atoms with E-state index in [1.54, 1.807) is 45.2 Å². The number of aromatic amines is 1. The first-order valence-electron chi connectivity index (χ1n) is 9.20. The number of H-pyrrole nitrogens is 1. The number of ether oxygens (including phenoxy) is 1. The number of rotatable bonds is 5. The van der Waals surface area contributed by atoms with Crippen LogP contribution in [-0.4, -0.2) is 38.4 Å². The predicted octanol–water partition coefficient (Wildman–Crippen LogP) is 2.61. The quantitative estimate of drug-likeness (QED) is 0.290. The molecule has 31 heavy (non-hydrogen) atoms. The van der Waals surface area contributed by atoms with Crippen molar-refractivity contribution < 1.29 is 13.9 Å². The number of nitrogens with one attached hydrogen (secondary N) is 1. The molecule has 3 heterocycles. The number of ketones is 1. The molecule has 0 unspecified atom stereocenters. The number of carbonyl (C=O) groups excluding carboxylic acids is 1. The summed E-state index contributed by atoms with van der Waals surface area (Å²) >= 11 is 1.12. The van der Waals surface area contributed by atoms with Crippen LogP contribution in [0, 0.1) is 6.92 Å². The van der Waals surface area contributed by atoms with Crippen molar-refractivity contribution in [2.24, 2.45) is 10.2 Å². The first-order valence-corrected chi connectivity index (χ1v) is 10.0. The van der Waals surface area contributed by atoms with Gasteiger partial charge in [0.2, 0.25) is 10.5 Å². The van der Waals surface area contributed by atoms with Gasteiger partial charge in [-0.1, -0.05) is 11.3 Å². The number of carbonyl (C=O) groups is 1. The van der Waals surface area contributed by atoms with E-state index in [0.717, 1.165) is 11.3 Å². The molecule has 0 bridgehead atoms. The highest BCUT2D eigenvalue weighted by atomic mass is 32.1. The van der Waals surface area contributed by atoms with Crippen molar-refractivity contribution in [1.29, 1.82) is 0 Å². The number of fused-ring (bicyclic) bond motifs is 1. The number of Topliss-reactive ketones (excluding diaryl/α,β-unsaturated/α-hetero) is 1. The third-order valence-corrected chi connectivity index (χ3v) is 5.50. The lowest BCUT2D eigenvalue weighted by Gasteiger charge is -2.03. The zero-order chi connectivity index (χ0) is 22.1. The Hall–Kier alpha value is -3.86. The van der Waals surface area contributed by atoms with Gasteiger partial charge in [0.1, 0.15) is 16.9 Å². The minimum absolute atomic E-state index is 0.177. The van der Waals surface area contributed by atoms with Crippen molar-refractivity contribution >= 4 is 33.9 Å². The molecule has 0 aliphatic heterocycles. The maximum Gasteiger partial charge on any atom is 0.262 e. The van der Waals surface area contributed by atoms with Crippen LogP contribution in [0.1, 0.15) is 35.0 Å². The Morgan fingerprint density at radius 1 is 1.26 bits per heavy atom. The largest absolute Gasteiger partial charge is 0.497 e. The number of aryl methyl sites for hydroxylation is 1. The van der Waals surface area contributed by atoms with Gasteiger partial charge in [0, 0.05) is 6.92 Å². The van der Waals surface area contributed by atoms with E-state index in [0.29, 0.717) is 43.7 Å². The smallest absolute Gasteiger partial charge is 0.262 e. The van der Waals surface area contributed by atoms with Gasteiger partial charge in [0.25, 0.3) is 5.56 Å². The highest BCUT2D eigenvalue weighted by molar-refractivity contribution is 7.10. The number of aromatic nitrogens is 4. The number of methoxy groups -OCH3 is 1. The summed E-state index contributed by atoms with van der Waals surface area (Å²) in [6.07, 6.45) is 1.28. The second-order valence-corrected chi connectivity index (χ2v) is 7.54. The normalized spacial score (nSPS) is 12.5. The van der Waals surface area contributed by atoms with E-state index in [9.17, 15) is 9.59 Å². The summed E-state index contributed by atoms with van der Waals surface area (Å²) in [6, 6.07) is 7.18. The molecule has 0 atom stereocenters. The minimum Gasteiger partial charge on any atom is -0.497 e. The molecule has 0 fully saturated rings. The molecular weight excluding hydrogens is 420 g/mol. The first-order chi connectivity index (χ1) is 14.9. The fourth-order valence-electron chi connectivity index (χ4n) is 3.04. The van der Waals surface area contributed by atoms with Crippen LogP contribution in [0.5, 0.6) is 5.75 Å². The zero-order valence-corrected chi connectivity index (χ0v) is 18.0. The monoisotopic (exact) mass is 438 g/mol. The molecule has 158 valence electrons. The lowest BCUT2D eigenvalue weighted by molar-refractivity contribution is 0.101. The maximum atomic E-state index is 12.3. The lowest BCUT2D eigenvalue weighted by atomic mass is 10.1. The molecule has 0 aliphatic carbocycles. The summed E-state index contributed by atoms with van der Waals surface area (Å²) in [5.41, 5.74) is 1.60. The van der Waals surface area contributed by atoms with E-state index in [-0.39, 0.29) is 17.1 Å². The fourth-order valence-corrected chi connectivity index (χ4v) is 3.79. The molecule has 4 aromatic rings. The third kappa shape index (κ3) is 3.82. The van der Waals surface area contributed by atoms with E-state index in [4.69, 9.17) is 9.15 Å². The van der Waals surface area contributed by atoms with Gasteiger partial charge < -0.3 is 14.1 Å². The molecule has 3 aromatic heterocycles. The Morgan fingerprint density at radius 3 is 2.68 bits per heavy atom. The SMILES string of the molecule is COc1ccc(-n2nc(C(C)=O)s/c2=N\N=C(\C)c2c(C)oc3nc[nH]c(=O)c23)cc1. The van der Waals surface area contributed by atoms with E-state index < -0.39 is 0 Å². The van der Waals surface area contributed by atoms with Crippen LogP contribution in [0.2, 0.25) is 0 Å². The summed E-state index contributed by atoms with van der Waals surface area (Å²) in [6.45, 7) is 4.89. The van der Waals surface area contributed by atoms with Crippen LogP contribution in [0.3, 0.4) is 0 Å². The minimum atomic E-state index is -0.323. The summed E-state index contributed by atoms with van der Waals surface area (Å²) in [5.74, 6) is 1.02. The van der Waals surface area contributed by atoms with E-state index in [2.05, 4.69) is 25.3 Å². The van der Waals surface area contributed by atoms with Gasteiger partial charge in [-0.05, 0) is 38.1 Å². The molecule has 1 aromatic carbocycles. The third-order valence-electron chi connectivity index (χ3n) is 4.50. The number of benzene rings is 1. The van der Waals surface area contributed by atoms with Gasteiger partial charge in [0.15, 0.2) is 10.8 Å². The second kappa shape index (κ2) is 8.11. The van der Waals surface area contributed by atoms with Crippen LogP contribution in [-0.2, 0) is 0 Å². The highest BCUT2D eigenvalue weighted by Gasteiger charge is 2.18. The predicted molar refractivity (Wildman–Crippen MR) is 115 cm³/mol. The lowest BCUT2D eigenvalue weighted by Crippen LogP contribution is -2.14. The Kier molecular flexibility index (Phi) is 5.34. The molecule has 11 heteroatoms. The Morgan fingerprint density at radius 2 is 2.00 bits per heavy atom. The van der Waals surface area contributed by atoms with Crippen molar-refractivity contribution in [3.05, 3.63) is 62.1 Å². The second-order valence-electron chi connectivity index (χ2n) is 6.59. The molecular formula is C20H18N6O4S. The topological polar surface area (TPSA) is 128 Å². The van der Waals surface area contributed by atoms with Crippen LogP contribution >= 0.6 is 11.3 Å². The molecule has 0 amide bonds. The summed E-state index contributed by atoms with van der Waals surface area (Å²) in [7, 11) is 1.58. The van der Waals surface area contributed by atoms with Crippen molar-refractivity contribution in [2.45, 2.75) is 20.8 Å². The number of hydrogen-bond acceptors (Lipinski definition) is 9. The Labute approximate surface area is 179 Å². The average molecular weight is 438 g/mol. The molecule has 1 N–H and O–H groups in total. The molecule has 10 nitrogen and oxygen atoms in total. The van der Waals surface area contributed by atoms with Crippen molar-refractivity contribution in [3.63, 3.8) is 0 Å². The van der Waals surface area contributed by atoms with Gasteiger partial charge in [-0.15, -0.1) is 5.10 Å². The summed E-state index contributed by atoms with van der Waals surface area (Å²) in [4.78, 5) is 31.1. The van der Waals surface area contributed by atoms with E-state index in [1.807, 2.05) is 0 Å². The van der Waals surface area contributed by atoms with Crippen LogP contribution in [0.4, 0.5) is 0 Å². The zero-order valence-electron chi connectivity index (χ0n) is 17.2. The van der Waals surface area contributed by atoms with Gasteiger partial charge >= 0.3 is 0 Å². The van der Waals surface area contributed by atoms with Gasteiger partial charge in [0.05, 0.1) is 30.4 Å². The molecule has 0 spiro atoms. The van der Waals surface area contributed by atoms with Crippen molar-refractivity contribution in [2.75, 3.05) is 7.11 Å². The standard InChI is InChI=1S/C20H18N6O4S/c1-10(15-12(3)30-18-16(15)17(28)21-9-22-18)23-24-20-26(25-19(31-20)11(2)27)13-5-7-14(29-4)8-6-13/h5-9H,1-4H3,(H,21,22,28)/b23-10-,24-20-. The van der Waals surface area contributed by atoms with Crippen molar-refractivity contribution in [1.82, 2.24) is 19.7 Å². The fraction of sp³-hybridized carbons (Fsp3) is 0.200. The molecule has 0 saturated heterocycles. The summed E-state index contributed by atoms with van der Waals surface area (Å²) in [5, 5.41) is 13.6. The summed E-state index contributed by atoms with van der Waals surface area (Å²) < 4.78 is 12.3. The number of furan rings is 1. The van der Waals surface area contributed by atoms with E-state index in [1.165, 1.54) is 17.9 Å². The van der Waals surface area contributed by atoms with Crippen LogP contribution in [0.25, 0.3) is 16.8 Å². The molecule has 0 saturated carbocycles. The Bertz CT molecular complexity index is 1440. The van der Waals surface area contributed by atoms with Gasteiger partial charge in [-0.2, -0.15) is 10.2 Å². The highest BCUT2D eigenvalue weighted by Crippen LogP contribution is 2.21. The van der Waals surface area contributed by atoms with Crippen LogP contribution < -0.4 is 15.1 Å². The molecule has 0 aliphatic rings. The maximum absolute atomic E-state index is 12.3. The number of nitrogens with zero attached hydrogens (tertiary/aromatic N) is 5. The van der Waals surface area contributed by atoms with E-state index >= 15 is 0 Å². The van der Waals surface area contributed by atoms with Gasteiger partial charge in [-0.3, -0.25) is 9.59 Å².